The molecule has 0 aliphatic heterocycles. The third-order valence-electron chi connectivity index (χ3n) is 4.34. The van der Waals surface area contributed by atoms with Crippen LogP contribution in [0, 0.1) is 6.92 Å². The summed E-state index contributed by atoms with van der Waals surface area (Å²) in [6.45, 7) is 6.34. The van der Waals surface area contributed by atoms with Crippen LogP contribution in [0.2, 0.25) is 0 Å². The Morgan fingerprint density at radius 3 is 2.85 bits per heavy atom. The molecule has 0 saturated heterocycles. The second kappa shape index (κ2) is 7.89. The Morgan fingerprint density at radius 2 is 2.07 bits per heavy atom. The van der Waals surface area contributed by atoms with Gasteiger partial charge >= 0.3 is 0 Å². The molecule has 0 radical (unpaired) electrons. The van der Waals surface area contributed by atoms with E-state index in [4.69, 9.17) is 4.42 Å². The van der Waals surface area contributed by atoms with E-state index in [-0.39, 0.29) is 6.04 Å². The molecule has 0 saturated carbocycles. The zero-order valence-corrected chi connectivity index (χ0v) is 16.2. The summed E-state index contributed by atoms with van der Waals surface area (Å²) in [4.78, 5) is 4.52. The lowest BCUT2D eigenvalue weighted by atomic mass is 10.2. The summed E-state index contributed by atoms with van der Waals surface area (Å²) in [5, 5.41) is 15.4. The van der Waals surface area contributed by atoms with E-state index in [1.54, 1.807) is 17.5 Å². The molecule has 27 heavy (non-hydrogen) atoms. The molecule has 0 unspecified atom stereocenters. The maximum absolute atomic E-state index is 5.95. The number of furan rings is 1. The molecule has 1 N–H and O–H groups in total. The molecule has 0 amide bonds. The zero-order valence-electron chi connectivity index (χ0n) is 15.4. The van der Waals surface area contributed by atoms with E-state index in [1.165, 1.54) is 0 Å². The Hall–Kier alpha value is -2.71. The van der Waals surface area contributed by atoms with Crippen molar-refractivity contribution in [2.24, 2.45) is 0 Å². The maximum atomic E-state index is 5.95. The van der Waals surface area contributed by atoms with Crippen LogP contribution in [0.25, 0.3) is 11.5 Å². The molecule has 0 fully saturated rings. The van der Waals surface area contributed by atoms with Crippen LogP contribution in [0.1, 0.15) is 29.4 Å². The summed E-state index contributed by atoms with van der Waals surface area (Å²) >= 11 is 1.67. The van der Waals surface area contributed by atoms with Gasteiger partial charge in [-0.2, -0.15) is 10.2 Å². The Morgan fingerprint density at radius 1 is 1.19 bits per heavy atom. The van der Waals surface area contributed by atoms with Crippen molar-refractivity contribution >= 4 is 11.3 Å². The van der Waals surface area contributed by atoms with E-state index in [0.29, 0.717) is 6.54 Å². The minimum atomic E-state index is 0.185. The van der Waals surface area contributed by atoms with Gasteiger partial charge in [-0.3, -0.25) is 9.36 Å². The molecule has 0 spiro atoms. The predicted octanol–water partition coefficient (Wildman–Crippen LogP) is 3.66. The van der Waals surface area contributed by atoms with Crippen molar-refractivity contribution in [2.45, 2.75) is 39.5 Å². The lowest BCUT2D eigenvalue weighted by Crippen LogP contribution is -2.18. The molecule has 0 bridgehead atoms. The largest absolute Gasteiger partial charge is 0.458 e. The van der Waals surface area contributed by atoms with E-state index in [0.717, 1.165) is 41.0 Å². The highest BCUT2D eigenvalue weighted by molar-refractivity contribution is 7.09. The van der Waals surface area contributed by atoms with E-state index in [9.17, 15) is 0 Å². The van der Waals surface area contributed by atoms with Gasteiger partial charge < -0.3 is 9.73 Å². The summed E-state index contributed by atoms with van der Waals surface area (Å²) < 4.78 is 9.75. The van der Waals surface area contributed by atoms with Gasteiger partial charge in [0.25, 0.3) is 0 Å². The van der Waals surface area contributed by atoms with Crippen LogP contribution >= 0.6 is 11.3 Å². The van der Waals surface area contributed by atoms with Crippen LogP contribution in [0.15, 0.2) is 52.7 Å². The number of aromatic nitrogens is 5. The third kappa shape index (κ3) is 4.35. The monoisotopic (exact) mass is 382 g/mol. The fraction of sp³-hybridized carbons (Fsp3) is 0.316. The van der Waals surface area contributed by atoms with E-state index < -0.39 is 0 Å². The molecule has 4 aromatic rings. The van der Waals surface area contributed by atoms with Crippen LogP contribution in [0.5, 0.6) is 0 Å². The second-order valence-corrected chi connectivity index (χ2v) is 7.46. The van der Waals surface area contributed by atoms with Gasteiger partial charge in [-0.1, -0.05) is 0 Å². The Kier molecular flexibility index (Phi) is 5.17. The summed E-state index contributed by atoms with van der Waals surface area (Å²) in [5.74, 6) is 1.66. The Bertz CT molecular complexity index is 984. The van der Waals surface area contributed by atoms with E-state index in [2.05, 4.69) is 32.8 Å². The van der Waals surface area contributed by atoms with Gasteiger partial charge in [0.2, 0.25) is 0 Å². The molecule has 4 aromatic heterocycles. The first kappa shape index (κ1) is 17.7. The molecule has 8 heteroatoms. The van der Waals surface area contributed by atoms with Gasteiger partial charge in [-0.25, -0.2) is 4.98 Å². The molecular weight excluding hydrogens is 360 g/mol. The average Bonchev–Trinajstić information content (AvgIpc) is 3.45. The number of hydrogen-bond acceptors (Lipinski definition) is 6. The smallest absolute Gasteiger partial charge is 0.154 e. The van der Waals surface area contributed by atoms with Gasteiger partial charge in [0, 0.05) is 30.0 Å². The molecular formula is C19H22N6OS. The van der Waals surface area contributed by atoms with Crippen molar-refractivity contribution in [3.63, 3.8) is 0 Å². The molecule has 7 nitrogen and oxygen atoms in total. The van der Waals surface area contributed by atoms with Gasteiger partial charge in [0.05, 0.1) is 30.3 Å². The molecule has 0 aliphatic carbocycles. The van der Waals surface area contributed by atoms with Crippen LogP contribution in [-0.2, 0) is 19.6 Å². The molecule has 0 aliphatic rings. The first-order valence-electron chi connectivity index (χ1n) is 8.93. The van der Waals surface area contributed by atoms with Crippen molar-refractivity contribution in [2.75, 3.05) is 0 Å². The summed E-state index contributed by atoms with van der Waals surface area (Å²) in [6.07, 6.45) is 5.69. The Labute approximate surface area is 161 Å². The fourth-order valence-corrected chi connectivity index (χ4v) is 3.51. The number of rotatable bonds is 8. The van der Waals surface area contributed by atoms with Gasteiger partial charge in [-0.05, 0) is 38.1 Å². The second-order valence-electron chi connectivity index (χ2n) is 6.39. The molecule has 4 rings (SSSR count). The number of nitrogens with zero attached hydrogens (tertiary/aromatic N) is 5. The van der Waals surface area contributed by atoms with Gasteiger partial charge in [-0.15, -0.1) is 11.3 Å². The number of hydrogen-bond donors (Lipinski definition) is 1. The minimum Gasteiger partial charge on any atom is -0.458 e. The number of aryl methyl sites for hydroxylation is 3. The molecule has 140 valence electrons. The summed E-state index contributed by atoms with van der Waals surface area (Å²) in [5.41, 5.74) is 1.91. The van der Waals surface area contributed by atoms with Crippen molar-refractivity contribution in [3.05, 3.63) is 64.7 Å². The van der Waals surface area contributed by atoms with Gasteiger partial charge in [0.15, 0.2) is 5.76 Å². The van der Waals surface area contributed by atoms with Crippen LogP contribution in [-0.4, -0.2) is 24.5 Å². The van der Waals surface area contributed by atoms with Gasteiger partial charge in [0.1, 0.15) is 11.5 Å². The van der Waals surface area contributed by atoms with Crippen molar-refractivity contribution in [1.82, 2.24) is 29.9 Å². The van der Waals surface area contributed by atoms with E-state index >= 15 is 0 Å². The summed E-state index contributed by atoms with van der Waals surface area (Å²) in [6, 6.07) is 8.03. The predicted molar refractivity (Wildman–Crippen MR) is 104 cm³/mol. The first-order chi connectivity index (χ1) is 13.2. The lowest BCUT2D eigenvalue weighted by Gasteiger charge is -2.09. The highest BCUT2D eigenvalue weighted by Crippen LogP contribution is 2.21. The van der Waals surface area contributed by atoms with Crippen LogP contribution in [0.4, 0.5) is 0 Å². The van der Waals surface area contributed by atoms with Crippen LogP contribution < -0.4 is 5.32 Å². The van der Waals surface area contributed by atoms with Crippen molar-refractivity contribution in [3.8, 4) is 11.5 Å². The molecule has 1 atom stereocenters. The summed E-state index contributed by atoms with van der Waals surface area (Å²) in [7, 11) is 0. The highest BCUT2D eigenvalue weighted by Gasteiger charge is 2.11. The molecule has 4 heterocycles. The fourth-order valence-electron chi connectivity index (χ4n) is 2.80. The van der Waals surface area contributed by atoms with Crippen LogP contribution in [0.3, 0.4) is 0 Å². The third-order valence-corrected chi connectivity index (χ3v) is 5.13. The minimum absolute atomic E-state index is 0.185. The SMILES string of the molecule is Cc1nc([C@@H](C)NCc2ccc(-c3ccn(CCn4cccn4)n3)o2)cs1. The average molecular weight is 382 g/mol. The maximum Gasteiger partial charge on any atom is 0.154 e. The zero-order chi connectivity index (χ0) is 18.6. The normalized spacial score (nSPS) is 12.5. The van der Waals surface area contributed by atoms with E-state index in [1.807, 2.05) is 52.9 Å². The van der Waals surface area contributed by atoms with Crippen molar-refractivity contribution in [1.29, 1.82) is 0 Å². The topological polar surface area (TPSA) is 73.7 Å². The quantitative estimate of drug-likeness (QED) is 0.503. The lowest BCUT2D eigenvalue weighted by molar-refractivity contribution is 0.462. The first-order valence-corrected chi connectivity index (χ1v) is 9.81. The number of nitrogens with one attached hydrogen (secondary N) is 1. The van der Waals surface area contributed by atoms with Crippen molar-refractivity contribution < 1.29 is 4.42 Å². The standard InChI is InChI=1S/C19H22N6OS/c1-14(18-13-27-15(2)22-18)20-12-16-4-5-19(26-16)17-6-9-25(23-17)11-10-24-8-3-7-21-24/h3-9,13-14,20H,10-12H2,1-2H3/t14-/m1/s1. The number of thiazole rings is 1. The molecule has 0 aromatic carbocycles. The highest BCUT2D eigenvalue weighted by atomic mass is 32.1. The Balaban J connectivity index is 1.33.